The predicted octanol–water partition coefficient (Wildman–Crippen LogP) is 3.76. The number of esters is 1. The quantitative estimate of drug-likeness (QED) is 0.232. The summed E-state index contributed by atoms with van der Waals surface area (Å²) in [7, 11) is 6.01. The van der Waals surface area contributed by atoms with Crippen molar-refractivity contribution in [2.45, 2.75) is 37.7 Å². The highest BCUT2D eigenvalue weighted by Crippen LogP contribution is 2.41. The Morgan fingerprint density at radius 1 is 0.977 bits per heavy atom. The fourth-order valence-corrected chi connectivity index (χ4v) is 5.88. The zero-order valence-electron chi connectivity index (χ0n) is 25.9. The molecule has 2 aromatic carbocycles. The normalized spacial score (nSPS) is 21.4. The molecular weight excluding hydrogens is 572 g/mol. The van der Waals surface area contributed by atoms with Gasteiger partial charge in [-0.05, 0) is 41.8 Å². The number of carbonyl (C=O) groups excluding carboxylic acids is 1. The molecule has 0 bridgehead atoms. The number of piperidine rings is 1. The van der Waals surface area contributed by atoms with Crippen LogP contribution in [0.15, 0.2) is 42.5 Å². The van der Waals surface area contributed by atoms with E-state index in [0.717, 1.165) is 53.4 Å². The minimum atomic E-state index is -1.21. The Balaban J connectivity index is 1.60. The number of benzene rings is 2. The van der Waals surface area contributed by atoms with Gasteiger partial charge in [0.15, 0.2) is 0 Å². The molecule has 2 aliphatic rings. The second-order valence-corrected chi connectivity index (χ2v) is 10.7. The average molecular weight is 617 g/mol. The third-order valence-electron chi connectivity index (χ3n) is 7.99. The van der Waals surface area contributed by atoms with Crippen molar-refractivity contribution in [3.05, 3.63) is 53.6 Å². The molecule has 0 aromatic heterocycles. The molecule has 1 unspecified atom stereocenters. The fourth-order valence-electron chi connectivity index (χ4n) is 5.88. The molecule has 0 aliphatic carbocycles. The topological polar surface area (TPSA) is 125 Å². The molecular formula is C32H44N2O10. The average Bonchev–Trinajstić information content (AvgIpc) is 3.05. The largest absolute Gasteiger partial charge is 0.494 e. The van der Waals surface area contributed by atoms with E-state index in [1.807, 2.05) is 42.5 Å². The summed E-state index contributed by atoms with van der Waals surface area (Å²) < 4.78 is 39.3. The van der Waals surface area contributed by atoms with Crippen LogP contribution >= 0.6 is 0 Å². The van der Waals surface area contributed by atoms with E-state index in [9.17, 15) is 14.7 Å². The second-order valence-electron chi connectivity index (χ2n) is 10.7. The number of ether oxygens (including phenoxy) is 7. The summed E-state index contributed by atoms with van der Waals surface area (Å²) in [5, 5.41) is 10.1. The summed E-state index contributed by atoms with van der Waals surface area (Å²) in [5.41, 5.74) is 2.66. The highest BCUT2D eigenvalue weighted by molar-refractivity contribution is 5.76. The molecule has 4 atom stereocenters. The maximum atomic E-state index is 13.2. The van der Waals surface area contributed by atoms with Gasteiger partial charge in [0.1, 0.15) is 30.3 Å². The smallest absolute Gasteiger partial charge is 0.409 e. The van der Waals surface area contributed by atoms with Crippen LogP contribution in [-0.2, 0) is 35.1 Å². The minimum Gasteiger partial charge on any atom is -0.494 e. The van der Waals surface area contributed by atoms with Crippen LogP contribution in [0.1, 0.15) is 29.9 Å². The van der Waals surface area contributed by atoms with Crippen LogP contribution in [0.25, 0.3) is 0 Å². The molecule has 1 saturated heterocycles. The van der Waals surface area contributed by atoms with Crippen molar-refractivity contribution in [2.24, 2.45) is 5.92 Å². The summed E-state index contributed by atoms with van der Waals surface area (Å²) >= 11 is 0. The molecule has 1 N–H and O–H groups in total. The molecule has 242 valence electrons. The number of methoxy groups -OCH3 is 4. The Kier molecular flexibility index (Phi) is 12.5. The molecule has 12 nitrogen and oxygen atoms in total. The van der Waals surface area contributed by atoms with Crippen LogP contribution in [0.2, 0.25) is 0 Å². The van der Waals surface area contributed by atoms with Crippen molar-refractivity contribution in [3.8, 4) is 11.5 Å². The van der Waals surface area contributed by atoms with Gasteiger partial charge in [0.05, 0.1) is 45.2 Å². The predicted molar refractivity (Wildman–Crippen MR) is 161 cm³/mol. The number of fused-ring (bicyclic) bond motifs is 1. The lowest BCUT2D eigenvalue weighted by molar-refractivity contribution is -0.175. The van der Waals surface area contributed by atoms with E-state index in [-0.39, 0.29) is 13.2 Å². The van der Waals surface area contributed by atoms with Gasteiger partial charge in [-0.1, -0.05) is 18.2 Å². The molecule has 2 heterocycles. The number of amides is 1. The number of rotatable bonds is 15. The first-order valence-electron chi connectivity index (χ1n) is 14.8. The highest BCUT2D eigenvalue weighted by atomic mass is 16.5. The van der Waals surface area contributed by atoms with E-state index in [2.05, 4.69) is 4.90 Å². The molecule has 2 aromatic rings. The van der Waals surface area contributed by atoms with Crippen LogP contribution in [0.4, 0.5) is 10.5 Å². The van der Waals surface area contributed by atoms with E-state index in [4.69, 9.17) is 33.2 Å². The Morgan fingerprint density at radius 3 is 2.41 bits per heavy atom. The Bertz CT molecular complexity index is 1210. The molecule has 0 spiro atoms. The van der Waals surface area contributed by atoms with E-state index < -0.39 is 36.2 Å². The first kappa shape index (κ1) is 33.3. The SMILES string of the molecule is COCCCOc1ccc([C@@H]2[C@@H](OCc3ccc4c(c3)N(CCCOC)CCO4)CN(C(=O)O)C(OC)[C@H]2C(=O)OC)cc1. The monoisotopic (exact) mass is 616 g/mol. The van der Waals surface area contributed by atoms with Gasteiger partial charge in [-0.3, -0.25) is 9.69 Å². The molecule has 0 saturated carbocycles. The molecule has 4 rings (SSSR count). The van der Waals surface area contributed by atoms with Crippen LogP contribution in [0.3, 0.4) is 0 Å². The zero-order chi connectivity index (χ0) is 31.5. The molecule has 2 aliphatic heterocycles. The maximum Gasteiger partial charge on any atom is 0.409 e. The second kappa shape index (κ2) is 16.5. The maximum absolute atomic E-state index is 13.2. The summed E-state index contributed by atoms with van der Waals surface area (Å²) in [5.74, 6) is -0.629. The van der Waals surface area contributed by atoms with E-state index in [0.29, 0.717) is 32.2 Å². The van der Waals surface area contributed by atoms with Gasteiger partial charge in [0.2, 0.25) is 0 Å². The summed E-state index contributed by atoms with van der Waals surface area (Å²) in [6, 6.07) is 13.3. The van der Waals surface area contributed by atoms with Crippen molar-refractivity contribution in [2.75, 3.05) is 79.4 Å². The number of hydrogen-bond donors (Lipinski definition) is 1. The number of nitrogens with zero attached hydrogens (tertiary/aromatic N) is 2. The minimum absolute atomic E-state index is 0.00152. The highest BCUT2D eigenvalue weighted by Gasteiger charge is 2.51. The number of carboxylic acid groups (broad SMARTS) is 1. The fraction of sp³-hybridized carbons (Fsp3) is 0.562. The number of carbonyl (C=O) groups is 2. The third-order valence-corrected chi connectivity index (χ3v) is 7.99. The molecule has 0 radical (unpaired) electrons. The van der Waals surface area contributed by atoms with Crippen molar-refractivity contribution >= 4 is 17.7 Å². The van der Waals surface area contributed by atoms with Crippen LogP contribution in [-0.4, -0.2) is 109 Å². The van der Waals surface area contributed by atoms with Crippen LogP contribution in [0.5, 0.6) is 11.5 Å². The van der Waals surface area contributed by atoms with Crippen molar-refractivity contribution in [3.63, 3.8) is 0 Å². The van der Waals surface area contributed by atoms with Crippen LogP contribution in [0, 0.1) is 5.92 Å². The number of hydrogen-bond acceptors (Lipinski definition) is 10. The molecule has 1 amide bonds. The van der Waals surface area contributed by atoms with Gasteiger partial charge in [0, 0.05) is 53.4 Å². The standard InChI is InChI=1S/C32H44N2O10/c1-38-15-5-13-33-14-18-43-26-12-7-22(19-25(26)33)21-44-27-20-34(32(36)37)30(40-3)29(31(35)41-4)28(27)23-8-10-24(11-9-23)42-17-6-16-39-2/h7-12,19,27-30H,5-6,13-18,20-21H2,1-4H3,(H,36,37)/t27-,28+,29-,30?/m0/s1. The molecule has 44 heavy (non-hydrogen) atoms. The Hall–Kier alpha value is -3.58. The van der Waals surface area contributed by atoms with Gasteiger partial charge in [-0.15, -0.1) is 0 Å². The van der Waals surface area contributed by atoms with Gasteiger partial charge in [-0.2, -0.15) is 0 Å². The summed E-state index contributed by atoms with van der Waals surface area (Å²) in [6.07, 6.45) is -1.31. The first-order valence-corrected chi connectivity index (χ1v) is 14.8. The lowest BCUT2D eigenvalue weighted by atomic mass is 9.77. The Labute approximate surface area is 258 Å². The van der Waals surface area contributed by atoms with Gasteiger partial charge >= 0.3 is 12.1 Å². The van der Waals surface area contributed by atoms with Crippen molar-refractivity contribution in [1.82, 2.24) is 4.90 Å². The van der Waals surface area contributed by atoms with Gasteiger partial charge in [-0.25, -0.2) is 4.79 Å². The van der Waals surface area contributed by atoms with Gasteiger partial charge < -0.3 is 43.2 Å². The van der Waals surface area contributed by atoms with Crippen molar-refractivity contribution in [1.29, 1.82) is 0 Å². The first-order chi connectivity index (χ1) is 21.4. The number of anilines is 1. The molecule has 1 fully saturated rings. The van der Waals surface area contributed by atoms with Crippen molar-refractivity contribution < 1.29 is 47.9 Å². The molecule has 12 heteroatoms. The van der Waals surface area contributed by atoms with E-state index in [1.165, 1.54) is 14.2 Å². The number of likely N-dealkylation sites (tertiary alicyclic amines) is 1. The Morgan fingerprint density at radius 2 is 1.73 bits per heavy atom. The van der Waals surface area contributed by atoms with E-state index in [1.54, 1.807) is 14.2 Å². The van der Waals surface area contributed by atoms with Gasteiger partial charge in [0.25, 0.3) is 0 Å². The summed E-state index contributed by atoms with van der Waals surface area (Å²) in [6.45, 7) is 4.17. The van der Waals surface area contributed by atoms with E-state index >= 15 is 0 Å². The third kappa shape index (κ3) is 8.12. The summed E-state index contributed by atoms with van der Waals surface area (Å²) in [4.78, 5) is 28.9. The van der Waals surface area contributed by atoms with Crippen LogP contribution < -0.4 is 14.4 Å². The zero-order valence-corrected chi connectivity index (χ0v) is 25.9. The lowest BCUT2D eigenvalue weighted by Gasteiger charge is -2.46. The lowest BCUT2D eigenvalue weighted by Crippen LogP contribution is -2.59.